The molecule has 1 aliphatic rings. The first-order chi connectivity index (χ1) is 12.1. The first-order valence-electron chi connectivity index (χ1n) is 7.18. The summed E-state index contributed by atoms with van der Waals surface area (Å²) in [6, 6.07) is 3.07. The summed E-state index contributed by atoms with van der Waals surface area (Å²) < 4.78 is 68.1. The molecule has 1 saturated heterocycles. The van der Waals surface area contributed by atoms with E-state index in [1.807, 2.05) is 0 Å². The van der Waals surface area contributed by atoms with E-state index in [0.717, 1.165) is 17.4 Å². The summed E-state index contributed by atoms with van der Waals surface area (Å²) in [4.78, 5) is 11.4. The lowest BCUT2D eigenvalue weighted by Crippen LogP contribution is -2.60. The van der Waals surface area contributed by atoms with E-state index < -0.39 is 27.9 Å². The van der Waals surface area contributed by atoms with Crippen molar-refractivity contribution in [2.45, 2.75) is 16.4 Å². The van der Waals surface area contributed by atoms with E-state index in [-0.39, 0.29) is 33.9 Å². The second-order valence-electron chi connectivity index (χ2n) is 5.42. The van der Waals surface area contributed by atoms with E-state index in [4.69, 9.17) is 0 Å². The van der Waals surface area contributed by atoms with Gasteiger partial charge in [0.05, 0.1) is 10.9 Å². The van der Waals surface area contributed by atoms with Gasteiger partial charge in [0.25, 0.3) is 10.0 Å². The molecule has 0 spiro atoms. The van der Waals surface area contributed by atoms with Gasteiger partial charge in [-0.2, -0.15) is 17.5 Å². The van der Waals surface area contributed by atoms with Crippen LogP contribution in [0.5, 0.6) is 0 Å². The second kappa shape index (κ2) is 6.52. The van der Waals surface area contributed by atoms with Crippen molar-refractivity contribution in [1.82, 2.24) is 14.8 Å². The molecular weight excluding hydrogens is 395 g/mol. The van der Waals surface area contributed by atoms with Crippen LogP contribution in [0.15, 0.2) is 39.6 Å². The third kappa shape index (κ3) is 3.52. The summed E-state index contributed by atoms with van der Waals surface area (Å²) in [5.74, 6) is -1.65. The number of carbonyl (C=O) groups excluding carboxylic acids is 1. The van der Waals surface area contributed by atoms with Crippen LogP contribution in [0, 0.1) is 0 Å². The predicted octanol–water partition coefficient (Wildman–Crippen LogP) is 2.10. The van der Waals surface area contributed by atoms with Crippen molar-refractivity contribution in [3.63, 3.8) is 0 Å². The summed E-state index contributed by atoms with van der Waals surface area (Å²) in [5, 5.41) is 5.91. The molecule has 0 atom stereocenters. The lowest BCUT2D eigenvalue weighted by Gasteiger charge is -2.37. The number of carbonyl (C=O) groups is 1. The van der Waals surface area contributed by atoms with E-state index in [0.29, 0.717) is 6.07 Å². The molecule has 3 heterocycles. The summed E-state index contributed by atoms with van der Waals surface area (Å²) >= 11 is 0.791. The van der Waals surface area contributed by atoms with Crippen molar-refractivity contribution in [3.05, 3.63) is 36.6 Å². The largest absolute Gasteiger partial charge is 0.452 e. The molecule has 1 N–H and O–H groups in total. The van der Waals surface area contributed by atoms with Gasteiger partial charge < -0.3 is 9.84 Å². The van der Waals surface area contributed by atoms with Crippen LogP contribution in [0.25, 0.3) is 10.6 Å². The highest BCUT2D eigenvalue weighted by atomic mass is 32.2. The molecule has 1 aliphatic heterocycles. The number of nitrogens with one attached hydrogen (secondary N) is 1. The maximum absolute atomic E-state index is 12.6. The normalized spacial score (nSPS) is 16.3. The summed E-state index contributed by atoms with van der Waals surface area (Å²) in [6.45, 7) is 3.53. The first kappa shape index (κ1) is 18.6. The second-order valence-corrected chi connectivity index (χ2v) is 8.67. The minimum Gasteiger partial charge on any atom is -0.351 e. The Kier molecular flexibility index (Phi) is 4.67. The highest BCUT2D eigenvalue weighted by Crippen LogP contribution is 2.36. The summed E-state index contributed by atoms with van der Waals surface area (Å²) in [6.07, 6.45) is -3.57. The molecule has 3 rings (SSSR count). The number of alkyl halides is 3. The Morgan fingerprint density at radius 3 is 2.69 bits per heavy atom. The Morgan fingerprint density at radius 2 is 2.12 bits per heavy atom. The molecule has 140 valence electrons. The van der Waals surface area contributed by atoms with Crippen molar-refractivity contribution >= 4 is 27.3 Å². The molecule has 1 amide bonds. The van der Waals surface area contributed by atoms with Crippen LogP contribution in [0.3, 0.4) is 0 Å². The molecule has 2 aromatic heterocycles. The maximum atomic E-state index is 12.6. The van der Waals surface area contributed by atoms with Crippen LogP contribution in [0.1, 0.15) is 5.76 Å². The van der Waals surface area contributed by atoms with Gasteiger partial charge in [0.2, 0.25) is 11.7 Å². The number of hydrogen-bond donors (Lipinski definition) is 1. The maximum Gasteiger partial charge on any atom is 0.452 e. The summed E-state index contributed by atoms with van der Waals surface area (Å²) in [5.41, 5.74) is -0.0940. The highest BCUT2D eigenvalue weighted by Gasteiger charge is 2.39. The monoisotopic (exact) mass is 407 g/mol. The number of hydrogen-bond acceptors (Lipinski definition) is 6. The Bertz CT molecular complexity index is 943. The van der Waals surface area contributed by atoms with Gasteiger partial charge in [-0.1, -0.05) is 11.7 Å². The quantitative estimate of drug-likeness (QED) is 0.767. The zero-order valence-corrected chi connectivity index (χ0v) is 14.6. The number of nitrogens with zero attached hydrogens (tertiary/aromatic N) is 2. The SMILES string of the molecule is C=CC(=O)NC1CN(S(=O)(=O)c2ccc(-c3cc(C(F)(F)F)on3)s2)C1. The van der Waals surface area contributed by atoms with Gasteiger partial charge in [0, 0.05) is 19.2 Å². The zero-order chi connectivity index (χ0) is 19.1. The fraction of sp³-hybridized carbons (Fsp3) is 0.286. The standard InChI is InChI=1S/C14H12F3N3O4S2/c1-2-12(21)18-8-6-20(7-8)26(22,23)13-4-3-10(25-13)9-5-11(24-19-9)14(15,16)17/h2-5,8H,1,6-7H2,(H,18,21). The number of halogens is 3. The molecule has 0 saturated carbocycles. The minimum atomic E-state index is -4.67. The van der Waals surface area contributed by atoms with E-state index >= 15 is 0 Å². The Morgan fingerprint density at radius 1 is 1.42 bits per heavy atom. The molecule has 0 unspecified atom stereocenters. The lowest BCUT2D eigenvalue weighted by molar-refractivity contribution is -0.155. The van der Waals surface area contributed by atoms with Crippen LogP contribution < -0.4 is 5.32 Å². The van der Waals surface area contributed by atoms with Gasteiger partial charge in [0.1, 0.15) is 9.90 Å². The Labute approximate surface area is 150 Å². The van der Waals surface area contributed by atoms with E-state index in [1.165, 1.54) is 16.4 Å². The number of aromatic nitrogens is 1. The van der Waals surface area contributed by atoms with Crippen LogP contribution in [0.4, 0.5) is 13.2 Å². The van der Waals surface area contributed by atoms with Gasteiger partial charge in [-0.3, -0.25) is 4.79 Å². The van der Waals surface area contributed by atoms with Crippen molar-refractivity contribution in [2.75, 3.05) is 13.1 Å². The van der Waals surface area contributed by atoms with Gasteiger partial charge >= 0.3 is 6.18 Å². The molecule has 2 aromatic rings. The van der Waals surface area contributed by atoms with E-state index in [2.05, 4.69) is 21.6 Å². The zero-order valence-electron chi connectivity index (χ0n) is 13.0. The topological polar surface area (TPSA) is 92.5 Å². The van der Waals surface area contributed by atoms with Crippen LogP contribution in [0.2, 0.25) is 0 Å². The lowest BCUT2D eigenvalue weighted by atomic mass is 10.2. The fourth-order valence-electron chi connectivity index (χ4n) is 2.23. The van der Waals surface area contributed by atoms with Crippen molar-refractivity contribution in [3.8, 4) is 10.6 Å². The number of amides is 1. The molecule has 0 bridgehead atoms. The third-order valence-electron chi connectivity index (χ3n) is 3.60. The Balaban J connectivity index is 1.72. The third-order valence-corrected chi connectivity index (χ3v) is 7.00. The van der Waals surface area contributed by atoms with Gasteiger partial charge in [-0.25, -0.2) is 8.42 Å². The first-order valence-corrected chi connectivity index (χ1v) is 9.44. The molecule has 1 fully saturated rings. The molecule has 12 heteroatoms. The van der Waals surface area contributed by atoms with Gasteiger partial charge in [-0.05, 0) is 18.2 Å². The molecule has 0 radical (unpaired) electrons. The Hall–Kier alpha value is -2.18. The van der Waals surface area contributed by atoms with Crippen LogP contribution in [-0.4, -0.2) is 42.9 Å². The molecule has 7 nitrogen and oxygen atoms in total. The molecule has 26 heavy (non-hydrogen) atoms. The predicted molar refractivity (Wildman–Crippen MR) is 85.7 cm³/mol. The molecule has 0 aromatic carbocycles. The number of sulfonamides is 1. The van der Waals surface area contributed by atoms with Crippen molar-refractivity contribution < 1.29 is 30.9 Å². The van der Waals surface area contributed by atoms with E-state index in [1.54, 1.807) is 0 Å². The fourth-order valence-corrected chi connectivity index (χ4v) is 5.18. The van der Waals surface area contributed by atoms with Crippen LogP contribution >= 0.6 is 11.3 Å². The molecule has 0 aliphatic carbocycles. The average Bonchev–Trinajstić information content (AvgIpc) is 3.17. The van der Waals surface area contributed by atoms with Crippen LogP contribution in [-0.2, 0) is 21.0 Å². The van der Waals surface area contributed by atoms with Gasteiger partial charge in [0.15, 0.2) is 0 Å². The van der Waals surface area contributed by atoms with Crippen molar-refractivity contribution in [1.29, 1.82) is 0 Å². The average molecular weight is 407 g/mol. The smallest absolute Gasteiger partial charge is 0.351 e. The number of thiophene rings is 1. The van der Waals surface area contributed by atoms with E-state index in [9.17, 15) is 26.4 Å². The van der Waals surface area contributed by atoms with Crippen molar-refractivity contribution in [2.24, 2.45) is 0 Å². The highest BCUT2D eigenvalue weighted by molar-refractivity contribution is 7.91. The minimum absolute atomic E-state index is 0.0300. The van der Waals surface area contributed by atoms with Gasteiger partial charge in [-0.15, -0.1) is 11.3 Å². The summed E-state index contributed by atoms with van der Waals surface area (Å²) in [7, 11) is -3.79. The molecular formula is C14H12F3N3O4S2. The number of rotatable bonds is 5.